The first-order valence-electron chi connectivity index (χ1n) is 8.87. The van der Waals surface area contributed by atoms with Crippen LogP contribution >= 0.6 is 0 Å². The minimum atomic E-state index is -6.68. The third kappa shape index (κ3) is 2.26. The molecule has 0 aromatic rings. The SMILES string of the molecule is O=S(=O)([O-])C(CC1CC2CC1C1C3CCC(C3)C21)(C(F)(F)F)C(F)(F)F. The molecular weight excluding hydrogens is 386 g/mol. The molecule has 7 unspecified atom stereocenters. The van der Waals surface area contributed by atoms with Crippen molar-refractivity contribution in [3.8, 4) is 0 Å². The van der Waals surface area contributed by atoms with Gasteiger partial charge in [0.2, 0.25) is 4.75 Å². The van der Waals surface area contributed by atoms with Crippen LogP contribution in [0.5, 0.6) is 0 Å². The fraction of sp³-hybridized carbons (Fsp3) is 1.00. The summed E-state index contributed by atoms with van der Waals surface area (Å²) in [6, 6.07) is 0. The average molecular weight is 405 g/mol. The van der Waals surface area contributed by atoms with Crippen LogP contribution in [-0.4, -0.2) is 30.1 Å². The maximum Gasteiger partial charge on any atom is 0.416 e. The van der Waals surface area contributed by atoms with Crippen LogP contribution in [-0.2, 0) is 10.1 Å². The molecule has 26 heavy (non-hydrogen) atoms. The molecule has 0 aromatic carbocycles. The van der Waals surface area contributed by atoms with Gasteiger partial charge in [-0.2, -0.15) is 26.3 Å². The van der Waals surface area contributed by atoms with Crippen LogP contribution in [0.3, 0.4) is 0 Å². The standard InChI is InChI=1S/C16H20F6O3S/c17-15(18,19)14(16(20,21)22,26(23,24)25)6-10-4-9-5-11(10)13-8-2-1-7(3-8)12(9)13/h7-13H,1-6H2,(H,23,24,25)/p-1. The van der Waals surface area contributed by atoms with E-state index in [2.05, 4.69) is 0 Å². The van der Waals surface area contributed by atoms with E-state index < -0.39 is 39.6 Å². The van der Waals surface area contributed by atoms with Gasteiger partial charge in [-0.25, -0.2) is 8.42 Å². The molecule has 0 N–H and O–H groups in total. The second-order valence-electron chi connectivity index (χ2n) is 8.62. The smallest absolute Gasteiger partial charge is 0.416 e. The van der Waals surface area contributed by atoms with E-state index in [1.165, 1.54) is 0 Å². The summed E-state index contributed by atoms with van der Waals surface area (Å²) >= 11 is 0. The molecule has 4 aliphatic carbocycles. The van der Waals surface area contributed by atoms with Crippen molar-refractivity contribution in [3.05, 3.63) is 0 Å². The highest BCUT2D eigenvalue weighted by atomic mass is 32.2. The summed E-state index contributed by atoms with van der Waals surface area (Å²) in [6.45, 7) is 0. The Morgan fingerprint density at radius 2 is 1.35 bits per heavy atom. The van der Waals surface area contributed by atoms with Gasteiger partial charge in [0.05, 0.1) is 0 Å². The van der Waals surface area contributed by atoms with Gasteiger partial charge in [-0.1, -0.05) is 0 Å². The second-order valence-corrected chi connectivity index (χ2v) is 10.2. The van der Waals surface area contributed by atoms with E-state index in [9.17, 15) is 39.3 Å². The molecule has 4 rings (SSSR count). The Balaban J connectivity index is 1.68. The number of alkyl halides is 6. The van der Waals surface area contributed by atoms with Gasteiger partial charge in [-0.3, -0.25) is 0 Å². The minimum Gasteiger partial charge on any atom is -0.747 e. The Kier molecular flexibility index (Phi) is 3.84. The van der Waals surface area contributed by atoms with Crippen molar-refractivity contribution in [2.24, 2.45) is 41.4 Å². The summed E-state index contributed by atoms with van der Waals surface area (Å²) in [7, 11) is -6.68. The van der Waals surface area contributed by atoms with Crippen LogP contribution < -0.4 is 0 Å². The maximum atomic E-state index is 13.4. The van der Waals surface area contributed by atoms with Crippen molar-refractivity contribution >= 4 is 10.1 Å². The van der Waals surface area contributed by atoms with Gasteiger partial charge in [-0.15, -0.1) is 0 Å². The van der Waals surface area contributed by atoms with Crippen LogP contribution in [0.2, 0.25) is 0 Å². The highest BCUT2D eigenvalue weighted by Crippen LogP contribution is 2.70. The Hall–Kier alpha value is -0.510. The monoisotopic (exact) mass is 405 g/mol. The quantitative estimate of drug-likeness (QED) is 0.404. The molecule has 0 aliphatic heterocycles. The van der Waals surface area contributed by atoms with E-state index in [4.69, 9.17) is 0 Å². The van der Waals surface area contributed by atoms with E-state index in [1.807, 2.05) is 0 Å². The van der Waals surface area contributed by atoms with E-state index in [0.29, 0.717) is 24.2 Å². The van der Waals surface area contributed by atoms with Gasteiger partial charge in [0, 0.05) is 0 Å². The van der Waals surface area contributed by atoms with Gasteiger partial charge in [0.1, 0.15) is 10.1 Å². The maximum absolute atomic E-state index is 13.4. The van der Waals surface area contributed by atoms with Crippen molar-refractivity contribution in [2.75, 3.05) is 0 Å². The predicted octanol–water partition coefficient (Wildman–Crippen LogP) is 4.10. The molecule has 150 valence electrons. The molecular formula is C16H19F6O3S-. The summed E-state index contributed by atoms with van der Waals surface area (Å²) in [6.07, 6.45) is -10.3. The summed E-state index contributed by atoms with van der Waals surface area (Å²) in [5.41, 5.74) is 0. The molecule has 0 heterocycles. The first kappa shape index (κ1) is 18.8. The van der Waals surface area contributed by atoms with Crippen molar-refractivity contribution in [2.45, 2.75) is 55.6 Å². The lowest BCUT2D eigenvalue weighted by Crippen LogP contribution is -2.63. The Labute approximate surface area is 147 Å². The molecule has 0 amide bonds. The average Bonchev–Trinajstić information content (AvgIpc) is 3.18. The zero-order chi connectivity index (χ0) is 19.3. The Morgan fingerprint density at radius 1 is 0.808 bits per heavy atom. The molecule has 10 heteroatoms. The number of hydrogen-bond acceptors (Lipinski definition) is 3. The second kappa shape index (κ2) is 5.30. The van der Waals surface area contributed by atoms with Gasteiger partial charge >= 0.3 is 12.4 Å². The summed E-state index contributed by atoms with van der Waals surface area (Å²) in [5, 5.41) is 0. The van der Waals surface area contributed by atoms with Crippen LogP contribution in [0, 0.1) is 41.4 Å². The normalized spacial score (nSPS) is 42.5. The van der Waals surface area contributed by atoms with E-state index in [1.54, 1.807) is 0 Å². The summed E-state index contributed by atoms with van der Waals surface area (Å²) in [4.78, 5) is 0. The van der Waals surface area contributed by atoms with Crippen molar-refractivity contribution < 1.29 is 39.3 Å². The zero-order valence-electron chi connectivity index (χ0n) is 13.7. The van der Waals surface area contributed by atoms with E-state index in [0.717, 1.165) is 19.3 Å². The molecule has 3 nitrogen and oxygen atoms in total. The summed E-state index contributed by atoms with van der Waals surface area (Å²) in [5.74, 6) is 0.0330. The highest BCUT2D eigenvalue weighted by Gasteiger charge is 2.76. The lowest BCUT2D eigenvalue weighted by Gasteiger charge is -2.44. The summed E-state index contributed by atoms with van der Waals surface area (Å²) < 4.78 is 109. The van der Waals surface area contributed by atoms with Gasteiger partial charge in [-0.05, 0) is 80.0 Å². The van der Waals surface area contributed by atoms with Crippen LogP contribution in [0.25, 0.3) is 0 Å². The Bertz CT molecular complexity index is 686. The van der Waals surface area contributed by atoms with Crippen molar-refractivity contribution in [1.82, 2.24) is 0 Å². The lowest BCUT2D eigenvalue weighted by molar-refractivity contribution is -0.274. The first-order chi connectivity index (χ1) is 11.8. The number of hydrogen-bond donors (Lipinski definition) is 0. The molecule has 0 spiro atoms. The van der Waals surface area contributed by atoms with Crippen LogP contribution in [0.1, 0.15) is 38.5 Å². The van der Waals surface area contributed by atoms with Crippen LogP contribution in [0.15, 0.2) is 0 Å². The van der Waals surface area contributed by atoms with Gasteiger partial charge in [0.25, 0.3) is 0 Å². The van der Waals surface area contributed by atoms with Crippen LogP contribution in [0.4, 0.5) is 26.3 Å². The van der Waals surface area contributed by atoms with Gasteiger partial charge in [0.15, 0.2) is 0 Å². The third-order valence-electron chi connectivity index (χ3n) is 7.76. The molecule has 7 atom stereocenters. The van der Waals surface area contributed by atoms with E-state index >= 15 is 0 Å². The molecule has 0 radical (unpaired) electrons. The lowest BCUT2D eigenvalue weighted by atomic mass is 9.66. The predicted molar refractivity (Wildman–Crippen MR) is 76.7 cm³/mol. The highest BCUT2D eigenvalue weighted by molar-refractivity contribution is 7.87. The minimum absolute atomic E-state index is 0.0684. The number of halogens is 6. The van der Waals surface area contributed by atoms with Crippen molar-refractivity contribution in [1.29, 1.82) is 0 Å². The molecule has 0 aromatic heterocycles. The topological polar surface area (TPSA) is 57.2 Å². The molecule has 0 saturated heterocycles. The fourth-order valence-electron chi connectivity index (χ4n) is 7.08. The third-order valence-corrected chi connectivity index (χ3v) is 9.25. The molecule has 4 fully saturated rings. The largest absolute Gasteiger partial charge is 0.747 e. The molecule has 4 saturated carbocycles. The molecule has 4 bridgehead atoms. The fourth-order valence-corrected chi connectivity index (χ4v) is 8.07. The molecule has 4 aliphatic rings. The zero-order valence-corrected chi connectivity index (χ0v) is 14.5. The van der Waals surface area contributed by atoms with E-state index in [-0.39, 0.29) is 24.2 Å². The van der Waals surface area contributed by atoms with Gasteiger partial charge < -0.3 is 4.55 Å². The van der Waals surface area contributed by atoms with Crippen molar-refractivity contribution in [3.63, 3.8) is 0 Å². The first-order valence-corrected chi connectivity index (χ1v) is 10.3. The number of rotatable bonds is 3. The number of fused-ring (bicyclic) bond motifs is 9. The Morgan fingerprint density at radius 3 is 1.85 bits per heavy atom.